The molecular weight excluding hydrogens is 244 g/mol. The number of hydrogen-bond donors (Lipinski definition) is 1. The van der Waals surface area contributed by atoms with E-state index in [9.17, 15) is 4.79 Å². The third-order valence-corrected chi connectivity index (χ3v) is 3.66. The van der Waals surface area contributed by atoms with E-state index in [1.165, 1.54) is 26.4 Å². The third kappa shape index (κ3) is 3.70. The Labute approximate surface area is 113 Å². The molecule has 0 unspecified atom stereocenters. The van der Waals surface area contributed by atoms with Gasteiger partial charge < -0.3 is 14.6 Å². The molecule has 19 heavy (non-hydrogen) atoms. The number of carboxylic acids is 1. The van der Waals surface area contributed by atoms with Gasteiger partial charge in [0.2, 0.25) is 0 Å². The molecule has 1 fully saturated rings. The summed E-state index contributed by atoms with van der Waals surface area (Å²) in [6, 6.07) is 5.13. The first-order valence-electron chi connectivity index (χ1n) is 6.68. The van der Waals surface area contributed by atoms with Gasteiger partial charge in [-0.3, -0.25) is 0 Å². The topological polar surface area (TPSA) is 55.8 Å². The number of carbonyl (C=O) groups is 1. The maximum absolute atomic E-state index is 11.1. The zero-order valence-electron chi connectivity index (χ0n) is 11.2. The van der Waals surface area contributed by atoms with E-state index in [2.05, 4.69) is 0 Å². The number of benzene rings is 1. The minimum absolute atomic E-state index is 0.183. The molecule has 4 nitrogen and oxygen atoms in total. The Morgan fingerprint density at radius 3 is 2.79 bits per heavy atom. The highest BCUT2D eigenvalue weighted by Crippen LogP contribution is 2.29. The number of hydrogen-bond acceptors (Lipinski definition) is 3. The lowest BCUT2D eigenvalue weighted by Crippen LogP contribution is -2.13. The van der Waals surface area contributed by atoms with E-state index in [0.29, 0.717) is 12.4 Å². The summed E-state index contributed by atoms with van der Waals surface area (Å²) in [5, 5.41) is 9.08. The number of methoxy groups -OCH3 is 1. The van der Waals surface area contributed by atoms with Crippen molar-refractivity contribution in [1.29, 1.82) is 0 Å². The van der Waals surface area contributed by atoms with Crippen molar-refractivity contribution in [1.82, 2.24) is 0 Å². The fourth-order valence-electron chi connectivity index (χ4n) is 2.23. The van der Waals surface area contributed by atoms with Crippen LogP contribution in [0.5, 0.6) is 5.75 Å². The summed E-state index contributed by atoms with van der Waals surface area (Å²) in [5.74, 6) is 0.240. The highest BCUT2D eigenvalue weighted by atomic mass is 16.5. The van der Waals surface area contributed by atoms with Crippen LogP contribution in [-0.2, 0) is 11.3 Å². The molecule has 0 heterocycles. The van der Waals surface area contributed by atoms with E-state index in [1.807, 2.05) is 6.07 Å². The fraction of sp³-hybridized carbons (Fsp3) is 0.533. The zero-order valence-corrected chi connectivity index (χ0v) is 11.2. The molecule has 1 aromatic rings. The molecule has 0 amide bonds. The lowest BCUT2D eigenvalue weighted by atomic mass is 9.83. The molecule has 2 rings (SSSR count). The van der Waals surface area contributed by atoms with Crippen LogP contribution in [0, 0.1) is 5.92 Å². The summed E-state index contributed by atoms with van der Waals surface area (Å²) in [5.41, 5.74) is 1.05. The lowest BCUT2D eigenvalue weighted by Gasteiger charge is -2.24. The number of ether oxygens (including phenoxy) is 2. The van der Waals surface area contributed by atoms with Gasteiger partial charge >= 0.3 is 5.97 Å². The standard InChI is InChI=1S/C15H20O4/c1-18-14-6-5-12(9-13(14)15(16)17)10-19-8-7-11-3-2-4-11/h5-6,9,11H,2-4,7-8,10H2,1H3,(H,16,17). The summed E-state index contributed by atoms with van der Waals surface area (Å²) in [7, 11) is 1.47. The van der Waals surface area contributed by atoms with Crippen LogP contribution in [0.15, 0.2) is 18.2 Å². The van der Waals surface area contributed by atoms with E-state index in [-0.39, 0.29) is 5.56 Å². The highest BCUT2D eigenvalue weighted by molar-refractivity contribution is 5.91. The molecule has 4 heteroatoms. The van der Waals surface area contributed by atoms with E-state index in [0.717, 1.165) is 24.5 Å². The zero-order chi connectivity index (χ0) is 13.7. The lowest BCUT2D eigenvalue weighted by molar-refractivity contribution is 0.0692. The summed E-state index contributed by atoms with van der Waals surface area (Å²) in [4.78, 5) is 11.1. The van der Waals surface area contributed by atoms with Gasteiger partial charge in [-0.1, -0.05) is 25.3 Å². The van der Waals surface area contributed by atoms with Crippen molar-refractivity contribution in [2.45, 2.75) is 32.3 Å². The summed E-state index contributed by atoms with van der Waals surface area (Å²) < 4.78 is 10.6. The Bertz CT molecular complexity index is 438. The normalized spacial score (nSPS) is 15.0. The van der Waals surface area contributed by atoms with E-state index < -0.39 is 5.97 Å². The predicted octanol–water partition coefficient (Wildman–Crippen LogP) is 3.10. The Kier molecular flexibility index (Phi) is 4.80. The van der Waals surface area contributed by atoms with E-state index >= 15 is 0 Å². The highest BCUT2D eigenvalue weighted by Gasteiger charge is 2.16. The quantitative estimate of drug-likeness (QED) is 0.769. The molecule has 0 saturated heterocycles. The van der Waals surface area contributed by atoms with E-state index in [4.69, 9.17) is 14.6 Å². The van der Waals surface area contributed by atoms with Gasteiger partial charge in [-0.25, -0.2) is 4.79 Å². The van der Waals surface area contributed by atoms with Crippen molar-refractivity contribution in [3.05, 3.63) is 29.3 Å². The molecule has 0 spiro atoms. The van der Waals surface area contributed by atoms with Crippen LogP contribution in [-0.4, -0.2) is 24.8 Å². The SMILES string of the molecule is COc1ccc(COCCC2CCC2)cc1C(=O)O. The molecule has 1 N–H and O–H groups in total. The van der Waals surface area contributed by atoms with Crippen molar-refractivity contribution in [3.63, 3.8) is 0 Å². The van der Waals surface area contributed by atoms with Crippen LogP contribution < -0.4 is 4.74 Å². The smallest absolute Gasteiger partial charge is 0.339 e. The van der Waals surface area contributed by atoms with E-state index in [1.54, 1.807) is 12.1 Å². The molecule has 0 radical (unpaired) electrons. The summed E-state index contributed by atoms with van der Waals surface area (Å²) in [6.07, 6.45) is 5.12. The van der Waals surface area contributed by atoms with Gasteiger partial charge in [0.05, 0.1) is 13.7 Å². The minimum atomic E-state index is -0.979. The second-order valence-corrected chi connectivity index (χ2v) is 4.98. The first-order valence-corrected chi connectivity index (χ1v) is 6.68. The summed E-state index contributed by atoms with van der Waals surface area (Å²) >= 11 is 0. The average Bonchev–Trinajstić information content (AvgIpc) is 2.36. The number of carboxylic acid groups (broad SMARTS) is 1. The minimum Gasteiger partial charge on any atom is -0.496 e. The van der Waals surface area contributed by atoms with Gasteiger partial charge in [0.15, 0.2) is 0 Å². The first-order chi connectivity index (χ1) is 9.20. The molecule has 104 valence electrons. The van der Waals surface area contributed by atoms with Crippen LogP contribution in [0.1, 0.15) is 41.6 Å². The van der Waals surface area contributed by atoms with Gasteiger partial charge in [-0.2, -0.15) is 0 Å². The van der Waals surface area contributed by atoms with Crippen LogP contribution >= 0.6 is 0 Å². The second kappa shape index (κ2) is 6.57. The van der Waals surface area contributed by atoms with Crippen molar-refractivity contribution < 1.29 is 19.4 Å². The largest absolute Gasteiger partial charge is 0.496 e. The molecule has 1 aliphatic rings. The van der Waals surface area contributed by atoms with Gasteiger partial charge in [0.1, 0.15) is 11.3 Å². The molecule has 0 atom stereocenters. The number of aromatic carboxylic acids is 1. The second-order valence-electron chi connectivity index (χ2n) is 4.98. The summed E-state index contributed by atoms with van der Waals surface area (Å²) in [6.45, 7) is 1.20. The van der Waals surface area contributed by atoms with Crippen molar-refractivity contribution >= 4 is 5.97 Å². The van der Waals surface area contributed by atoms with Gasteiger partial charge in [0.25, 0.3) is 0 Å². The maximum Gasteiger partial charge on any atom is 0.339 e. The Morgan fingerprint density at radius 2 is 2.21 bits per heavy atom. The fourth-order valence-corrected chi connectivity index (χ4v) is 2.23. The Hall–Kier alpha value is -1.55. The van der Waals surface area contributed by atoms with Gasteiger partial charge in [0, 0.05) is 6.61 Å². The molecule has 0 bridgehead atoms. The van der Waals surface area contributed by atoms with Crippen LogP contribution in [0.25, 0.3) is 0 Å². The third-order valence-electron chi connectivity index (χ3n) is 3.66. The van der Waals surface area contributed by atoms with Crippen molar-refractivity contribution in [2.24, 2.45) is 5.92 Å². The van der Waals surface area contributed by atoms with Crippen molar-refractivity contribution in [2.75, 3.05) is 13.7 Å². The monoisotopic (exact) mass is 264 g/mol. The molecular formula is C15H20O4. The van der Waals surface area contributed by atoms with Crippen LogP contribution in [0.2, 0.25) is 0 Å². The first kappa shape index (κ1) is 13.9. The van der Waals surface area contributed by atoms with Crippen molar-refractivity contribution in [3.8, 4) is 5.75 Å². The Balaban J connectivity index is 1.85. The van der Waals surface area contributed by atoms with Crippen LogP contribution in [0.3, 0.4) is 0 Å². The van der Waals surface area contributed by atoms with Gasteiger partial charge in [-0.15, -0.1) is 0 Å². The predicted molar refractivity (Wildman–Crippen MR) is 71.6 cm³/mol. The average molecular weight is 264 g/mol. The molecule has 1 aromatic carbocycles. The molecule has 1 saturated carbocycles. The molecule has 0 aliphatic heterocycles. The molecule has 1 aliphatic carbocycles. The van der Waals surface area contributed by atoms with Crippen LogP contribution in [0.4, 0.5) is 0 Å². The number of rotatable bonds is 7. The Morgan fingerprint density at radius 1 is 1.42 bits per heavy atom. The van der Waals surface area contributed by atoms with Gasteiger partial charge in [-0.05, 0) is 30.0 Å². The maximum atomic E-state index is 11.1. The molecule has 0 aromatic heterocycles.